The van der Waals surface area contributed by atoms with Gasteiger partial charge in [0.15, 0.2) is 0 Å². The smallest absolute Gasteiger partial charge is 0.309 e. The molecule has 0 aliphatic carbocycles. The van der Waals surface area contributed by atoms with Crippen molar-refractivity contribution in [3.05, 3.63) is 58.7 Å². The quantitative estimate of drug-likeness (QED) is 0.260. The molecule has 0 unspecified atom stereocenters. The summed E-state index contributed by atoms with van der Waals surface area (Å²) in [5.41, 5.74) is 0.100. The van der Waals surface area contributed by atoms with Crippen LogP contribution in [0.5, 0.6) is 0 Å². The van der Waals surface area contributed by atoms with Gasteiger partial charge in [-0.1, -0.05) is 36.4 Å². The first kappa shape index (κ1) is 19.6. The number of nitro groups is 1. The van der Waals surface area contributed by atoms with Gasteiger partial charge in [-0.3, -0.25) is 14.7 Å². The van der Waals surface area contributed by atoms with Gasteiger partial charge >= 0.3 is 7.60 Å². The average molecular weight is 341 g/mol. The van der Waals surface area contributed by atoms with E-state index >= 15 is 0 Å². The summed E-state index contributed by atoms with van der Waals surface area (Å²) < 4.78 is 24.0. The van der Waals surface area contributed by atoms with Crippen molar-refractivity contribution in [1.82, 2.24) is 0 Å². The first-order valence-electron chi connectivity index (χ1n) is 7.64. The molecular weight excluding hydrogens is 317 g/mol. The number of hydrogen-bond acceptors (Lipinski definition) is 5. The minimum absolute atomic E-state index is 0.213. The Morgan fingerprint density at radius 1 is 1.26 bits per heavy atom. The Balaban J connectivity index is 3.30. The topological polar surface area (TPSA) is 78.7 Å². The van der Waals surface area contributed by atoms with Gasteiger partial charge in [0.25, 0.3) is 0 Å². The van der Waals surface area contributed by atoms with E-state index in [4.69, 9.17) is 9.05 Å². The molecule has 0 aliphatic rings. The number of hydrogen-bond donors (Lipinski definition) is 0. The Morgan fingerprint density at radius 3 is 2.26 bits per heavy atom. The van der Waals surface area contributed by atoms with Crippen LogP contribution in [0.4, 0.5) is 0 Å². The van der Waals surface area contributed by atoms with Gasteiger partial charge in [-0.2, -0.15) is 0 Å². The van der Waals surface area contributed by atoms with Crippen molar-refractivity contribution in [2.45, 2.75) is 31.8 Å². The molecule has 2 atom stereocenters. The van der Waals surface area contributed by atoms with Crippen LogP contribution in [-0.4, -0.2) is 30.3 Å². The van der Waals surface area contributed by atoms with Crippen molar-refractivity contribution in [2.24, 2.45) is 0 Å². The maximum atomic E-state index is 13.2. The van der Waals surface area contributed by atoms with Crippen LogP contribution in [0.2, 0.25) is 0 Å². The van der Waals surface area contributed by atoms with Crippen molar-refractivity contribution < 1.29 is 18.5 Å². The van der Waals surface area contributed by atoms with Gasteiger partial charge in [0.05, 0.1) is 24.8 Å². The van der Waals surface area contributed by atoms with Gasteiger partial charge < -0.3 is 9.05 Å². The van der Waals surface area contributed by atoms with Crippen LogP contribution in [0, 0.1) is 10.1 Å². The maximum absolute atomic E-state index is 13.2. The second-order valence-corrected chi connectivity index (χ2v) is 7.26. The Morgan fingerprint density at radius 2 is 1.83 bits per heavy atom. The molecule has 128 valence electrons. The molecule has 1 aromatic rings. The van der Waals surface area contributed by atoms with E-state index in [1.807, 2.05) is 6.07 Å². The fraction of sp³-hybridized carbons (Fsp3) is 0.500. The maximum Gasteiger partial charge on any atom is 0.334 e. The summed E-state index contributed by atoms with van der Waals surface area (Å²) >= 11 is 0. The Kier molecular flexibility index (Phi) is 8.17. The molecule has 0 saturated heterocycles. The molecule has 23 heavy (non-hydrogen) atoms. The summed E-state index contributed by atoms with van der Waals surface area (Å²) in [6.45, 7) is 7.22. The first-order valence-corrected chi connectivity index (χ1v) is 9.26. The lowest BCUT2D eigenvalue weighted by atomic mass is 9.94. The number of rotatable bonds is 11. The molecule has 0 heterocycles. The van der Waals surface area contributed by atoms with Crippen LogP contribution in [0.1, 0.15) is 31.7 Å². The molecule has 1 aromatic carbocycles. The van der Waals surface area contributed by atoms with Gasteiger partial charge in [-0.15, -0.1) is 6.58 Å². The van der Waals surface area contributed by atoms with Crippen molar-refractivity contribution in [3.63, 3.8) is 0 Å². The first-order chi connectivity index (χ1) is 11.0. The molecule has 1 rings (SSSR count). The summed E-state index contributed by atoms with van der Waals surface area (Å²) in [7, 11) is -3.50. The predicted octanol–water partition coefficient (Wildman–Crippen LogP) is 4.26. The summed E-state index contributed by atoms with van der Waals surface area (Å²) in [6.07, 6.45) is 1.91. The molecule has 6 nitrogen and oxygen atoms in total. The van der Waals surface area contributed by atoms with Crippen LogP contribution >= 0.6 is 7.60 Å². The summed E-state index contributed by atoms with van der Waals surface area (Å²) in [5.74, 6) is -0.576. The lowest BCUT2D eigenvalue weighted by Crippen LogP contribution is -2.27. The van der Waals surface area contributed by atoms with E-state index in [1.54, 1.807) is 44.2 Å². The van der Waals surface area contributed by atoms with E-state index in [1.165, 1.54) is 0 Å². The zero-order chi connectivity index (χ0) is 17.3. The Bertz CT molecular complexity index is 539. The van der Waals surface area contributed by atoms with Gasteiger partial charge in [-0.25, -0.2) is 0 Å². The van der Waals surface area contributed by atoms with Crippen molar-refractivity contribution in [3.8, 4) is 0 Å². The van der Waals surface area contributed by atoms with E-state index in [0.717, 1.165) is 5.56 Å². The van der Waals surface area contributed by atoms with E-state index in [2.05, 4.69) is 6.58 Å². The van der Waals surface area contributed by atoms with E-state index in [-0.39, 0.29) is 19.8 Å². The van der Waals surface area contributed by atoms with E-state index in [9.17, 15) is 14.7 Å². The second kappa shape index (κ2) is 9.60. The zero-order valence-corrected chi connectivity index (χ0v) is 14.5. The monoisotopic (exact) mass is 341 g/mol. The highest BCUT2D eigenvalue weighted by atomic mass is 31.2. The average Bonchev–Trinajstić information content (AvgIpc) is 2.52. The molecule has 7 heteroatoms. The van der Waals surface area contributed by atoms with Crippen LogP contribution in [-0.2, 0) is 13.6 Å². The highest BCUT2D eigenvalue weighted by Gasteiger charge is 2.43. The van der Waals surface area contributed by atoms with Gasteiger partial charge in [-0.05, 0) is 25.8 Å². The van der Waals surface area contributed by atoms with Gasteiger partial charge in [0.1, 0.15) is 0 Å². The SMILES string of the molecule is C=CC[C@@H]([C@@H](C[N+](=O)[O-])c1ccccc1)P(=O)(OCC)OCC. The summed E-state index contributed by atoms with van der Waals surface area (Å²) in [5, 5.41) is 11.1. The van der Waals surface area contributed by atoms with Crippen molar-refractivity contribution in [2.75, 3.05) is 19.8 Å². The third-order valence-corrected chi connectivity index (χ3v) is 6.09. The Labute approximate surface area is 137 Å². The highest BCUT2D eigenvalue weighted by Crippen LogP contribution is 2.58. The van der Waals surface area contributed by atoms with E-state index < -0.39 is 24.1 Å². The molecule has 0 spiro atoms. The van der Waals surface area contributed by atoms with Crippen molar-refractivity contribution >= 4 is 7.60 Å². The standard InChI is InChI=1S/C16H24NO5P/c1-4-10-16(23(20,21-5-2)22-6-3)15(13-17(18)19)14-11-8-7-9-12-14/h4,7-9,11-12,15-16H,1,5-6,10,13H2,2-3H3/t15-,16-/m0/s1. The molecule has 0 saturated carbocycles. The molecular formula is C16H24NO5P. The Hall–Kier alpha value is -1.49. The van der Waals surface area contributed by atoms with Crippen molar-refractivity contribution in [1.29, 1.82) is 0 Å². The van der Waals surface area contributed by atoms with Crippen LogP contribution in [0.3, 0.4) is 0 Å². The summed E-state index contributed by atoms with van der Waals surface area (Å²) in [6, 6.07) is 9.04. The lowest BCUT2D eigenvalue weighted by Gasteiger charge is -2.30. The molecule has 0 amide bonds. The molecule has 0 N–H and O–H groups in total. The van der Waals surface area contributed by atoms with Crippen LogP contribution in [0.25, 0.3) is 0 Å². The fourth-order valence-corrected chi connectivity index (χ4v) is 4.87. The third kappa shape index (κ3) is 5.57. The van der Waals surface area contributed by atoms with Gasteiger partial charge in [0, 0.05) is 4.92 Å². The summed E-state index contributed by atoms with van der Waals surface area (Å²) in [4.78, 5) is 10.7. The molecule has 0 bridgehead atoms. The van der Waals surface area contributed by atoms with Crippen LogP contribution in [0.15, 0.2) is 43.0 Å². The zero-order valence-electron chi connectivity index (χ0n) is 13.6. The molecule has 0 aromatic heterocycles. The minimum Gasteiger partial charge on any atom is -0.309 e. The number of allylic oxidation sites excluding steroid dienone is 1. The minimum atomic E-state index is -3.50. The lowest BCUT2D eigenvalue weighted by molar-refractivity contribution is -0.483. The van der Waals surface area contributed by atoms with Gasteiger partial charge in [0.2, 0.25) is 6.54 Å². The number of benzene rings is 1. The second-order valence-electron chi connectivity index (χ2n) is 5.00. The number of nitrogens with zero attached hydrogens (tertiary/aromatic N) is 1. The largest absolute Gasteiger partial charge is 0.334 e. The van der Waals surface area contributed by atoms with E-state index in [0.29, 0.717) is 6.42 Å². The molecule has 0 fully saturated rings. The molecule has 0 aliphatic heterocycles. The normalized spacial score (nSPS) is 14.2. The fourth-order valence-electron chi connectivity index (χ4n) is 2.58. The predicted molar refractivity (Wildman–Crippen MR) is 90.5 cm³/mol. The molecule has 0 radical (unpaired) electrons. The highest BCUT2D eigenvalue weighted by molar-refractivity contribution is 7.54. The van der Waals surface area contributed by atoms with Crippen LogP contribution < -0.4 is 0 Å². The third-order valence-electron chi connectivity index (χ3n) is 3.47.